The number of carbonyl (C=O) groups excluding carboxylic acids is 2. The Bertz CT molecular complexity index is 365. The average Bonchev–Trinajstić information content (AvgIpc) is 2.34. The molecule has 0 fully saturated rings. The van der Waals surface area contributed by atoms with Crippen LogP contribution in [0.25, 0.3) is 0 Å². The molecule has 0 radical (unpaired) electrons. The van der Waals surface area contributed by atoms with Crippen molar-refractivity contribution in [1.29, 1.82) is 0 Å². The number of hydrogen-bond acceptors (Lipinski definition) is 5. The highest BCUT2D eigenvalue weighted by Gasteiger charge is 2.33. The summed E-state index contributed by atoms with van der Waals surface area (Å²) < 4.78 is 15.2. The monoisotopic (exact) mass is 270 g/mol. The minimum absolute atomic E-state index is 0.338. The molecular formula is C14H22O5. The number of hydrogen-bond donors (Lipinski definition) is 0. The molecule has 19 heavy (non-hydrogen) atoms. The zero-order valence-electron chi connectivity index (χ0n) is 12.0. The van der Waals surface area contributed by atoms with Crippen LogP contribution >= 0.6 is 0 Å². The normalized spacial score (nSPS) is 17.4. The van der Waals surface area contributed by atoms with Crippen molar-refractivity contribution in [2.45, 2.75) is 39.2 Å². The predicted octanol–water partition coefficient (Wildman–Crippen LogP) is 1.85. The summed E-state index contributed by atoms with van der Waals surface area (Å²) in [6.07, 6.45) is 2.98. The fourth-order valence-electron chi connectivity index (χ4n) is 1.79. The summed E-state index contributed by atoms with van der Waals surface area (Å²) in [6, 6.07) is 0. The van der Waals surface area contributed by atoms with E-state index in [1.807, 2.05) is 6.08 Å². The largest absolute Gasteiger partial charge is 0.468 e. The van der Waals surface area contributed by atoms with Crippen LogP contribution < -0.4 is 0 Å². The molecule has 1 aliphatic rings. The van der Waals surface area contributed by atoms with Crippen molar-refractivity contribution in [3.8, 4) is 0 Å². The van der Waals surface area contributed by atoms with Crippen LogP contribution in [-0.2, 0) is 23.8 Å². The first-order valence-electron chi connectivity index (χ1n) is 6.40. The Morgan fingerprint density at radius 1 is 1.37 bits per heavy atom. The molecule has 1 atom stereocenters. The maximum absolute atomic E-state index is 12.1. The van der Waals surface area contributed by atoms with Crippen LogP contribution in [-0.4, -0.2) is 37.9 Å². The van der Waals surface area contributed by atoms with Crippen molar-refractivity contribution >= 4 is 11.9 Å². The lowest BCUT2D eigenvalue weighted by Gasteiger charge is -2.24. The van der Waals surface area contributed by atoms with Crippen molar-refractivity contribution < 1.29 is 23.8 Å². The minimum Gasteiger partial charge on any atom is -0.468 e. The van der Waals surface area contributed by atoms with E-state index in [0.717, 1.165) is 12.0 Å². The molecule has 1 unspecified atom stereocenters. The Morgan fingerprint density at radius 3 is 2.53 bits per heavy atom. The standard InChI is InChI=1S/C14H22O5/c1-14(2,3)19-13(16)11(12(15)17-4)9-10-5-7-18-8-6-10/h5,11H,6-9H2,1-4H3. The van der Waals surface area contributed by atoms with E-state index in [9.17, 15) is 9.59 Å². The van der Waals surface area contributed by atoms with E-state index in [1.165, 1.54) is 7.11 Å². The second kappa shape index (κ2) is 6.70. The minimum atomic E-state index is -0.895. The summed E-state index contributed by atoms with van der Waals surface area (Å²) in [7, 11) is 1.28. The molecule has 1 aliphatic heterocycles. The number of carbonyl (C=O) groups is 2. The SMILES string of the molecule is COC(=O)C(CC1=CCOCC1)C(=O)OC(C)(C)C. The number of rotatable bonds is 4. The lowest BCUT2D eigenvalue weighted by molar-refractivity contribution is -0.168. The molecule has 0 aromatic carbocycles. The topological polar surface area (TPSA) is 61.8 Å². The van der Waals surface area contributed by atoms with Gasteiger partial charge < -0.3 is 14.2 Å². The number of ether oxygens (including phenoxy) is 3. The summed E-state index contributed by atoms with van der Waals surface area (Å²) >= 11 is 0. The zero-order chi connectivity index (χ0) is 14.5. The van der Waals surface area contributed by atoms with Crippen molar-refractivity contribution in [2.75, 3.05) is 20.3 Å². The summed E-state index contributed by atoms with van der Waals surface area (Å²) in [5.41, 5.74) is 0.417. The summed E-state index contributed by atoms with van der Waals surface area (Å²) in [4.78, 5) is 23.8. The van der Waals surface area contributed by atoms with Crippen LogP contribution in [0.1, 0.15) is 33.6 Å². The van der Waals surface area contributed by atoms with E-state index in [-0.39, 0.29) is 0 Å². The highest BCUT2D eigenvalue weighted by molar-refractivity contribution is 5.95. The van der Waals surface area contributed by atoms with Gasteiger partial charge in [0.1, 0.15) is 5.60 Å². The van der Waals surface area contributed by atoms with Crippen LogP contribution in [0.15, 0.2) is 11.6 Å². The van der Waals surface area contributed by atoms with Crippen molar-refractivity contribution in [3.63, 3.8) is 0 Å². The molecule has 0 bridgehead atoms. The second-order valence-electron chi connectivity index (χ2n) is 5.50. The smallest absolute Gasteiger partial charge is 0.321 e. The highest BCUT2D eigenvalue weighted by atomic mass is 16.6. The van der Waals surface area contributed by atoms with Gasteiger partial charge in [-0.25, -0.2) is 0 Å². The van der Waals surface area contributed by atoms with Gasteiger partial charge in [0.2, 0.25) is 0 Å². The summed E-state index contributed by atoms with van der Waals surface area (Å²) in [5.74, 6) is -1.98. The van der Waals surface area contributed by atoms with Gasteiger partial charge in [0.15, 0.2) is 5.92 Å². The molecule has 1 rings (SSSR count). The molecule has 5 nitrogen and oxygen atoms in total. The molecule has 5 heteroatoms. The van der Waals surface area contributed by atoms with Gasteiger partial charge in [0.05, 0.1) is 20.3 Å². The number of methoxy groups -OCH3 is 1. The van der Waals surface area contributed by atoms with Crippen LogP contribution in [0, 0.1) is 5.92 Å². The third-order valence-corrected chi connectivity index (χ3v) is 2.70. The molecule has 0 spiro atoms. The Kier molecular flexibility index (Phi) is 5.54. The second-order valence-corrected chi connectivity index (χ2v) is 5.50. The Labute approximate surface area is 113 Å². The van der Waals surface area contributed by atoms with Crippen LogP contribution in [0.4, 0.5) is 0 Å². The van der Waals surface area contributed by atoms with Crippen molar-refractivity contribution in [3.05, 3.63) is 11.6 Å². The van der Waals surface area contributed by atoms with E-state index in [0.29, 0.717) is 19.6 Å². The summed E-state index contributed by atoms with van der Waals surface area (Å²) in [6.45, 7) is 6.46. The van der Waals surface area contributed by atoms with Gasteiger partial charge in [-0.15, -0.1) is 0 Å². The maximum atomic E-state index is 12.1. The average molecular weight is 270 g/mol. The predicted molar refractivity (Wildman–Crippen MR) is 69.5 cm³/mol. The van der Waals surface area contributed by atoms with Gasteiger partial charge in [-0.2, -0.15) is 0 Å². The Hall–Kier alpha value is -1.36. The molecule has 0 amide bonds. The Balaban J connectivity index is 2.74. The van der Waals surface area contributed by atoms with Crippen molar-refractivity contribution in [2.24, 2.45) is 5.92 Å². The van der Waals surface area contributed by atoms with Crippen molar-refractivity contribution in [1.82, 2.24) is 0 Å². The zero-order valence-corrected chi connectivity index (χ0v) is 12.0. The molecule has 0 aliphatic carbocycles. The van der Waals surface area contributed by atoms with Gasteiger partial charge in [0, 0.05) is 0 Å². The molecule has 0 aromatic heterocycles. The van der Waals surface area contributed by atoms with Gasteiger partial charge in [-0.3, -0.25) is 9.59 Å². The fourth-order valence-corrected chi connectivity index (χ4v) is 1.79. The van der Waals surface area contributed by atoms with Gasteiger partial charge in [-0.1, -0.05) is 11.6 Å². The van der Waals surface area contributed by atoms with Gasteiger partial charge in [-0.05, 0) is 33.6 Å². The first kappa shape index (κ1) is 15.7. The first-order chi connectivity index (χ1) is 8.83. The Morgan fingerprint density at radius 2 is 2.05 bits per heavy atom. The third kappa shape index (κ3) is 5.42. The van der Waals surface area contributed by atoms with E-state index in [4.69, 9.17) is 14.2 Å². The fraction of sp³-hybridized carbons (Fsp3) is 0.714. The highest BCUT2D eigenvalue weighted by Crippen LogP contribution is 2.22. The third-order valence-electron chi connectivity index (χ3n) is 2.70. The molecule has 0 saturated heterocycles. The molecule has 0 saturated carbocycles. The van der Waals surface area contributed by atoms with E-state index < -0.39 is 23.5 Å². The first-order valence-corrected chi connectivity index (χ1v) is 6.40. The van der Waals surface area contributed by atoms with Crippen LogP contribution in [0.2, 0.25) is 0 Å². The van der Waals surface area contributed by atoms with E-state index >= 15 is 0 Å². The lowest BCUT2D eigenvalue weighted by atomic mass is 9.96. The quantitative estimate of drug-likeness (QED) is 0.443. The molecule has 1 heterocycles. The van der Waals surface area contributed by atoms with Crippen LogP contribution in [0.5, 0.6) is 0 Å². The lowest BCUT2D eigenvalue weighted by Crippen LogP contribution is -2.34. The van der Waals surface area contributed by atoms with Gasteiger partial charge >= 0.3 is 11.9 Å². The molecular weight excluding hydrogens is 248 g/mol. The maximum Gasteiger partial charge on any atom is 0.321 e. The molecule has 0 N–H and O–H groups in total. The molecule has 108 valence electrons. The number of esters is 2. The molecule has 0 aromatic rings. The van der Waals surface area contributed by atoms with E-state index in [1.54, 1.807) is 20.8 Å². The van der Waals surface area contributed by atoms with E-state index in [2.05, 4.69) is 0 Å². The van der Waals surface area contributed by atoms with Gasteiger partial charge in [0.25, 0.3) is 0 Å². The van der Waals surface area contributed by atoms with Crippen LogP contribution in [0.3, 0.4) is 0 Å². The summed E-state index contributed by atoms with van der Waals surface area (Å²) in [5, 5.41) is 0.